The summed E-state index contributed by atoms with van der Waals surface area (Å²) >= 11 is 0. The van der Waals surface area contributed by atoms with E-state index in [1.54, 1.807) is 0 Å². The zero-order valence-corrected chi connectivity index (χ0v) is 10.3. The second-order valence-corrected chi connectivity index (χ2v) is 5.17. The fraction of sp³-hybridized carbons (Fsp3) is 0.467. The van der Waals surface area contributed by atoms with E-state index in [1.165, 1.54) is 29.3 Å². The fourth-order valence-corrected chi connectivity index (χ4v) is 3.14. The number of para-hydroxylation sites is 1. The van der Waals surface area contributed by atoms with E-state index in [-0.39, 0.29) is 6.10 Å². The van der Waals surface area contributed by atoms with Crippen molar-refractivity contribution in [1.29, 1.82) is 0 Å². The zero-order valence-electron chi connectivity index (χ0n) is 10.3. The number of hydrogen-bond donors (Lipinski definition) is 1. The van der Waals surface area contributed by atoms with Gasteiger partial charge in [-0.3, -0.25) is 0 Å². The first-order valence-electron chi connectivity index (χ1n) is 6.49. The lowest BCUT2D eigenvalue weighted by Crippen LogP contribution is -2.22. The summed E-state index contributed by atoms with van der Waals surface area (Å²) in [5, 5.41) is 11.5. The summed E-state index contributed by atoms with van der Waals surface area (Å²) in [6, 6.07) is 8.48. The van der Waals surface area contributed by atoms with Crippen LogP contribution in [0.5, 0.6) is 0 Å². The first-order chi connectivity index (χ1) is 8.27. The lowest BCUT2D eigenvalue weighted by Gasteiger charge is -2.27. The molecule has 3 rings (SSSR count). The Labute approximate surface area is 102 Å². The number of nitrogens with zero attached hydrogens (tertiary/aromatic N) is 1. The molecule has 1 saturated carbocycles. The van der Waals surface area contributed by atoms with Crippen molar-refractivity contribution in [2.45, 2.75) is 37.7 Å². The van der Waals surface area contributed by atoms with E-state index in [9.17, 15) is 5.11 Å². The van der Waals surface area contributed by atoms with Crippen molar-refractivity contribution in [3.05, 3.63) is 36.0 Å². The molecule has 1 aromatic heterocycles. The van der Waals surface area contributed by atoms with Crippen LogP contribution in [0.2, 0.25) is 0 Å². The third kappa shape index (κ3) is 1.77. The maximum absolute atomic E-state index is 10.2. The number of fused-ring (bicyclic) bond motifs is 1. The van der Waals surface area contributed by atoms with E-state index in [4.69, 9.17) is 0 Å². The molecule has 1 fully saturated rings. The van der Waals surface area contributed by atoms with Crippen molar-refractivity contribution in [3.8, 4) is 0 Å². The van der Waals surface area contributed by atoms with Gasteiger partial charge in [-0.2, -0.15) is 0 Å². The summed E-state index contributed by atoms with van der Waals surface area (Å²) in [5.41, 5.74) is 2.59. The van der Waals surface area contributed by atoms with Gasteiger partial charge in [-0.1, -0.05) is 31.0 Å². The van der Waals surface area contributed by atoms with Crippen molar-refractivity contribution >= 4 is 10.9 Å². The topological polar surface area (TPSA) is 25.2 Å². The molecule has 2 atom stereocenters. The summed E-state index contributed by atoms with van der Waals surface area (Å²) in [6.07, 6.45) is 6.52. The van der Waals surface area contributed by atoms with Crippen LogP contribution < -0.4 is 0 Å². The molecule has 1 aliphatic carbocycles. The number of hydrogen-bond acceptors (Lipinski definition) is 1. The van der Waals surface area contributed by atoms with Crippen LogP contribution in [0.25, 0.3) is 10.9 Å². The molecule has 0 radical (unpaired) electrons. The molecule has 0 bridgehead atoms. The minimum Gasteiger partial charge on any atom is -0.392 e. The van der Waals surface area contributed by atoms with Gasteiger partial charge in [0.2, 0.25) is 0 Å². The van der Waals surface area contributed by atoms with Crippen molar-refractivity contribution < 1.29 is 5.11 Å². The van der Waals surface area contributed by atoms with Crippen LogP contribution in [-0.4, -0.2) is 15.8 Å². The Bertz CT molecular complexity index is 529. The first kappa shape index (κ1) is 10.8. The maximum Gasteiger partial charge on any atom is 0.0609 e. The van der Waals surface area contributed by atoms with Gasteiger partial charge in [-0.25, -0.2) is 0 Å². The van der Waals surface area contributed by atoms with Gasteiger partial charge in [-0.05, 0) is 24.5 Å². The standard InChI is InChI=1S/C15H19NO/c1-16-10-13(11-6-2-4-8-14(11)16)12-7-3-5-9-15(12)17/h2,4,6,8,10,12,15,17H,3,5,7,9H2,1H3. The molecule has 90 valence electrons. The fourth-order valence-electron chi connectivity index (χ4n) is 3.14. The van der Waals surface area contributed by atoms with Crippen molar-refractivity contribution in [1.82, 2.24) is 4.57 Å². The van der Waals surface area contributed by atoms with Gasteiger partial charge in [0.25, 0.3) is 0 Å². The number of aliphatic hydroxyl groups is 1. The molecule has 0 amide bonds. The van der Waals surface area contributed by atoms with Crippen molar-refractivity contribution in [2.75, 3.05) is 0 Å². The normalized spacial score (nSPS) is 25.3. The second kappa shape index (κ2) is 4.19. The predicted octanol–water partition coefficient (Wildman–Crippen LogP) is 3.20. The highest BCUT2D eigenvalue weighted by Crippen LogP contribution is 2.37. The number of aryl methyl sites for hydroxylation is 1. The molecular formula is C15H19NO. The molecule has 1 heterocycles. The molecular weight excluding hydrogens is 210 g/mol. The molecule has 1 aromatic carbocycles. The number of aliphatic hydroxyl groups excluding tert-OH is 1. The number of aromatic nitrogens is 1. The average molecular weight is 229 g/mol. The minimum absolute atomic E-state index is 0.158. The Kier molecular flexibility index (Phi) is 2.67. The third-order valence-electron chi connectivity index (χ3n) is 4.06. The van der Waals surface area contributed by atoms with Gasteiger partial charge in [0.05, 0.1) is 6.10 Å². The van der Waals surface area contributed by atoms with E-state index in [2.05, 4.69) is 42.1 Å². The Hall–Kier alpha value is -1.28. The van der Waals surface area contributed by atoms with Gasteiger partial charge in [0, 0.05) is 30.1 Å². The van der Waals surface area contributed by atoms with Crippen LogP contribution in [0.3, 0.4) is 0 Å². The van der Waals surface area contributed by atoms with E-state index >= 15 is 0 Å². The van der Waals surface area contributed by atoms with E-state index in [0.717, 1.165) is 12.8 Å². The Morgan fingerprint density at radius 2 is 1.94 bits per heavy atom. The van der Waals surface area contributed by atoms with Crippen LogP contribution in [0, 0.1) is 0 Å². The van der Waals surface area contributed by atoms with Crippen molar-refractivity contribution in [3.63, 3.8) is 0 Å². The van der Waals surface area contributed by atoms with Gasteiger partial charge in [-0.15, -0.1) is 0 Å². The molecule has 2 nitrogen and oxygen atoms in total. The lowest BCUT2D eigenvalue weighted by atomic mass is 9.82. The molecule has 1 aliphatic rings. The SMILES string of the molecule is Cn1cc(C2CCCCC2O)c2ccccc21. The Balaban J connectivity index is 2.10. The molecule has 2 heteroatoms. The molecule has 0 saturated heterocycles. The van der Waals surface area contributed by atoms with E-state index in [0.29, 0.717) is 5.92 Å². The predicted molar refractivity (Wildman–Crippen MR) is 70.1 cm³/mol. The lowest BCUT2D eigenvalue weighted by molar-refractivity contribution is 0.107. The molecule has 2 unspecified atom stereocenters. The summed E-state index contributed by atoms with van der Waals surface area (Å²) in [7, 11) is 2.08. The Morgan fingerprint density at radius 1 is 1.18 bits per heavy atom. The van der Waals surface area contributed by atoms with Gasteiger partial charge >= 0.3 is 0 Å². The maximum atomic E-state index is 10.2. The summed E-state index contributed by atoms with van der Waals surface area (Å²) in [6.45, 7) is 0. The van der Waals surface area contributed by atoms with E-state index in [1.807, 2.05) is 0 Å². The van der Waals surface area contributed by atoms with Crippen LogP contribution in [-0.2, 0) is 7.05 Å². The molecule has 0 spiro atoms. The van der Waals surface area contributed by atoms with Crippen LogP contribution in [0.1, 0.15) is 37.2 Å². The highest BCUT2D eigenvalue weighted by Gasteiger charge is 2.26. The van der Waals surface area contributed by atoms with Crippen LogP contribution in [0.15, 0.2) is 30.5 Å². The number of rotatable bonds is 1. The average Bonchev–Trinajstić information content (AvgIpc) is 2.68. The molecule has 1 N–H and O–H groups in total. The van der Waals surface area contributed by atoms with Gasteiger partial charge in [0.15, 0.2) is 0 Å². The smallest absolute Gasteiger partial charge is 0.0609 e. The summed E-state index contributed by atoms with van der Waals surface area (Å²) in [5.74, 6) is 0.329. The largest absolute Gasteiger partial charge is 0.392 e. The molecule has 2 aromatic rings. The monoisotopic (exact) mass is 229 g/mol. The van der Waals surface area contributed by atoms with Crippen molar-refractivity contribution in [2.24, 2.45) is 7.05 Å². The second-order valence-electron chi connectivity index (χ2n) is 5.17. The Morgan fingerprint density at radius 3 is 2.76 bits per heavy atom. The number of benzene rings is 1. The van der Waals surface area contributed by atoms with Gasteiger partial charge < -0.3 is 9.67 Å². The van der Waals surface area contributed by atoms with Crippen LogP contribution >= 0.6 is 0 Å². The molecule has 17 heavy (non-hydrogen) atoms. The third-order valence-corrected chi connectivity index (χ3v) is 4.06. The van der Waals surface area contributed by atoms with E-state index < -0.39 is 0 Å². The summed E-state index contributed by atoms with van der Waals surface area (Å²) in [4.78, 5) is 0. The first-order valence-corrected chi connectivity index (χ1v) is 6.49. The zero-order chi connectivity index (χ0) is 11.8. The molecule has 0 aliphatic heterocycles. The van der Waals surface area contributed by atoms with Gasteiger partial charge in [0.1, 0.15) is 0 Å². The minimum atomic E-state index is -0.158. The quantitative estimate of drug-likeness (QED) is 0.798. The highest BCUT2D eigenvalue weighted by atomic mass is 16.3. The highest BCUT2D eigenvalue weighted by molar-refractivity contribution is 5.84. The summed E-state index contributed by atoms with van der Waals surface area (Å²) < 4.78 is 2.17. The van der Waals surface area contributed by atoms with Crippen LogP contribution in [0.4, 0.5) is 0 Å².